The third-order valence-corrected chi connectivity index (χ3v) is 5.85. The summed E-state index contributed by atoms with van der Waals surface area (Å²) in [5.74, 6) is -3.77. The molecule has 2 aromatic rings. The highest BCUT2D eigenvalue weighted by Gasteiger charge is 2.31. The number of primary amides is 1. The van der Waals surface area contributed by atoms with Crippen molar-refractivity contribution in [1.29, 1.82) is 0 Å². The Morgan fingerprint density at radius 2 is 1.41 bits per heavy atom. The van der Waals surface area contributed by atoms with Gasteiger partial charge in [-0.05, 0) is 18.4 Å². The van der Waals surface area contributed by atoms with Gasteiger partial charge in [0.05, 0.1) is 25.1 Å². The average molecular weight is 538 g/mol. The van der Waals surface area contributed by atoms with Crippen LogP contribution in [-0.4, -0.2) is 90.8 Å². The van der Waals surface area contributed by atoms with Crippen LogP contribution in [0.1, 0.15) is 24.2 Å². The zero-order valence-corrected chi connectivity index (χ0v) is 20.9. The molecule has 4 atom stereocenters. The second-order valence-corrected chi connectivity index (χ2v) is 9.13. The van der Waals surface area contributed by atoms with Gasteiger partial charge in [0.25, 0.3) is 0 Å². The fraction of sp³-hybridized carbons (Fsp3) is 0.476. The highest BCUT2D eigenvalue weighted by atomic mass is 32.2. The van der Waals surface area contributed by atoms with Crippen LogP contribution >= 0.6 is 11.8 Å². The predicted octanol–water partition coefficient (Wildman–Crippen LogP) is -2.59. The Balaban J connectivity index is 2.22. The first kappa shape index (κ1) is 29.3. The van der Waals surface area contributed by atoms with Crippen molar-refractivity contribution in [3.63, 3.8) is 0 Å². The summed E-state index contributed by atoms with van der Waals surface area (Å²) in [7, 11) is 0. The molecule has 0 fully saturated rings. The molecule has 0 saturated carbocycles. The quantitative estimate of drug-likeness (QED) is 0.111. The van der Waals surface area contributed by atoms with Crippen LogP contribution in [-0.2, 0) is 36.8 Å². The number of nitrogens with zero attached hydrogens (tertiary/aromatic N) is 2. The number of nitrogens with two attached hydrogens (primary N) is 2. The van der Waals surface area contributed by atoms with Gasteiger partial charge >= 0.3 is 5.97 Å². The van der Waals surface area contributed by atoms with E-state index in [0.29, 0.717) is 17.1 Å². The Labute approximate surface area is 216 Å². The molecule has 0 bridgehead atoms. The molecule has 0 spiro atoms. The molecule has 4 unspecified atom stereocenters. The Hall–Kier alpha value is -3.92. The maximum atomic E-state index is 13.3. The molecule has 2 heterocycles. The molecule has 0 aromatic carbocycles. The number of carboxylic acid groups (broad SMARTS) is 1. The monoisotopic (exact) mass is 537 g/mol. The van der Waals surface area contributed by atoms with Crippen molar-refractivity contribution in [3.05, 3.63) is 36.4 Å². The maximum absolute atomic E-state index is 13.3. The van der Waals surface area contributed by atoms with Crippen LogP contribution in [0.3, 0.4) is 0 Å². The smallest absolute Gasteiger partial charge is 0.326 e. The Kier molecular flexibility index (Phi) is 11.6. The van der Waals surface area contributed by atoms with Gasteiger partial charge < -0.3 is 42.5 Å². The standard InChI is InChI=1S/C21H31N9O6S/c1-37-3-2-14(21(35)36)28-19(33)16(5-12-8-25-10-27-12)30-20(34)15(4-11-7-24-9-26-11)29-18(32)13(22)6-17(23)31/h7-10,13-16H,2-6,22H2,1H3,(H2,23,31)(H,24,26)(H,25,27)(H,28,33)(H,29,32)(H,30,34)(H,35,36). The van der Waals surface area contributed by atoms with Crippen LogP contribution in [0.15, 0.2) is 25.0 Å². The number of carboxylic acids is 1. The van der Waals surface area contributed by atoms with Gasteiger partial charge in [-0.3, -0.25) is 19.2 Å². The van der Waals surface area contributed by atoms with Crippen LogP contribution in [0, 0.1) is 0 Å². The minimum atomic E-state index is -1.29. The van der Waals surface area contributed by atoms with Crippen molar-refractivity contribution in [2.24, 2.45) is 11.5 Å². The van der Waals surface area contributed by atoms with E-state index in [1.807, 2.05) is 6.26 Å². The molecular weight excluding hydrogens is 506 g/mol. The van der Waals surface area contributed by atoms with Crippen LogP contribution in [0.4, 0.5) is 0 Å². The molecule has 0 radical (unpaired) electrons. The predicted molar refractivity (Wildman–Crippen MR) is 133 cm³/mol. The summed E-state index contributed by atoms with van der Waals surface area (Å²) in [4.78, 5) is 75.0. The summed E-state index contributed by atoms with van der Waals surface area (Å²) in [6.45, 7) is 0. The minimum absolute atomic E-state index is 0.0294. The van der Waals surface area contributed by atoms with Crippen LogP contribution in [0.5, 0.6) is 0 Å². The molecule has 15 nitrogen and oxygen atoms in total. The number of nitrogens with one attached hydrogen (secondary N) is 5. The van der Waals surface area contributed by atoms with Gasteiger partial charge in [-0.2, -0.15) is 11.8 Å². The van der Waals surface area contributed by atoms with Crippen molar-refractivity contribution in [2.45, 2.75) is 49.9 Å². The van der Waals surface area contributed by atoms with Gasteiger partial charge in [0.1, 0.15) is 18.1 Å². The number of carbonyl (C=O) groups is 5. The number of rotatable bonds is 16. The number of imidazole rings is 2. The van der Waals surface area contributed by atoms with E-state index in [-0.39, 0.29) is 19.3 Å². The third kappa shape index (κ3) is 9.92. The van der Waals surface area contributed by atoms with E-state index in [2.05, 4.69) is 35.9 Å². The second kappa shape index (κ2) is 14.6. The van der Waals surface area contributed by atoms with E-state index >= 15 is 0 Å². The first-order valence-corrected chi connectivity index (χ1v) is 12.6. The second-order valence-electron chi connectivity index (χ2n) is 8.14. The largest absolute Gasteiger partial charge is 0.480 e. The first-order chi connectivity index (χ1) is 17.6. The van der Waals surface area contributed by atoms with E-state index in [4.69, 9.17) is 11.5 Å². The van der Waals surface area contributed by atoms with Gasteiger partial charge in [0.15, 0.2) is 0 Å². The van der Waals surface area contributed by atoms with E-state index in [9.17, 15) is 29.1 Å². The lowest BCUT2D eigenvalue weighted by Crippen LogP contribution is -2.58. The normalized spacial score (nSPS) is 14.1. The van der Waals surface area contributed by atoms with Crippen molar-refractivity contribution in [1.82, 2.24) is 35.9 Å². The maximum Gasteiger partial charge on any atom is 0.326 e. The van der Waals surface area contributed by atoms with E-state index < -0.39 is 60.2 Å². The van der Waals surface area contributed by atoms with E-state index in [1.54, 1.807) is 0 Å². The van der Waals surface area contributed by atoms with Gasteiger partial charge in [0.2, 0.25) is 23.6 Å². The summed E-state index contributed by atoms with van der Waals surface area (Å²) in [5, 5.41) is 17.0. The number of aromatic amines is 2. The Bertz CT molecular complexity index is 1050. The van der Waals surface area contributed by atoms with Gasteiger partial charge in [-0.25, -0.2) is 14.8 Å². The lowest BCUT2D eigenvalue weighted by molar-refractivity contribution is -0.142. The number of aromatic nitrogens is 4. The lowest BCUT2D eigenvalue weighted by atomic mass is 10.1. The first-order valence-electron chi connectivity index (χ1n) is 11.2. The summed E-state index contributed by atoms with van der Waals surface area (Å²) < 4.78 is 0. The molecule has 16 heteroatoms. The molecule has 2 rings (SSSR count). The topological polar surface area (TPSA) is 251 Å². The molecule has 202 valence electrons. The number of aliphatic carboxylic acids is 1. The number of hydrogen-bond acceptors (Lipinski definition) is 9. The molecule has 37 heavy (non-hydrogen) atoms. The molecular formula is C21H31N9O6S. The van der Waals surface area contributed by atoms with Crippen molar-refractivity contribution < 1.29 is 29.1 Å². The SMILES string of the molecule is CSCCC(NC(=O)C(Cc1cnc[nH]1)NC(=O)C(Cc1cnc[nH]1)NC(=O)C(N)CC(N)=O)C(=O)O. The fourth-order valence-electron chi connectivity index (χ4n) is 3.28. The van der Waals surface area contributed by atoms with E-state index in [0.717, 1.165) is 0 Å². The molecule has 0 aliphatic carbocycles. The Morgan fingerprint density at radius 1 is 0.919 bits per heavy atom. The lowest BCUT2D eigenvalue weighted by Gasteiger charge is -2.25. The zero-order valence-electron chi connectivity index (χ0n) is 20.1. The van der Waals surface area contributed by atoms with Crippen LogP contribution in [0.2, 0.25) is 0 Å². The van der Waals surface area contributed by atoms with Crippen LogP contribution < -0.4 is 27.4 Å². The molecule has 4 amide bonds. The summed E-state index contributed by atoms with van der Waals surface area (Å²) in [6, 6.07) is -4.86. The van der Waals surface area contributed by atoms with Crippen molar-refractivity contribution in [2.75, 3.05) is 12.0 Å². The molecule has 2 aromatic heterocycles. The minimum Gasteiger partial charge on any atom is -0.480 e. The number of H-pyrrole nitrogens is 2. The number of carbonyl (C=O) groups excluding carboxylic acids is 4. The zero-order chi connectivity index (χ0) is 27.4. The molecule has 0 saturated heterocycles. The van der Waals surface area contributed by atoms with Gasteiger partial charge in [0, 0.05) is 36.6 Å². The highest BCUT2D eigenvalue weighted by molar-refractivity contribution is 7.98. The number of thioether (sulfide) groups is 1. The fourth-order valence-corrected chi connectivity index (χ4v) is 3.75. The summed E-state index contributed by atoms with van der Waals surface area (Å²) >= 11 is 1.43. The molecule has 10 N–H and O–H groups in total. The molecule has 0 aliphatic heterocycles. The highest BCUT2D eigenvalue weighted by Crippen LogP contribution is 2.06. The van der Waals surface area contributed by atoms with Gasteiger partial charge in [-0.15, -0.1) is 0 Å². The Morgan fingerprint density at radius 3 is 1.81 bits per heavy atom. The number of amides is 4. The van der Waals surface area contributed by atoms with Crippen LogP contribution in [0.25, 0.3) is 0 Å². The third-order valence-electron chi connectivity index (χ3n) is 5.21. The number of hydrogen-bond donors (Lipinski definition) is 8. The molecule has 0 aliphatic rings. The summed E-state index contributed by atoms with van der Waals surface area (Å²) in [5.41, 5.74) is 11.8. The summed E-state index contributed by atoms with van der Waals surface area (Å²) in [6.07, 6.45) is 7.20. The van der Waals surface area contributed by atoms with Gasteiger partial charge in [-0.1, -0.05) is 0 Å². The van der Waals surface area contributed by atoms with Crippen molar-refractivity contribution >= 4 is 41.4 Å². The average Bonchev–Trinajstić information content (AvgIpc) is 3.54. The van der Waals surface area contributed by atoms with Crippen molar-refractivity contribution in [3.8, 4) is 0 Å². The van der Waals surface area contributed by atoms with E-state index in [1.165, 1.54) is 36.8 Å².